The Morgan fingerprint density at radius 3 is 2.40 bits per heavy atom. The van der Waals surface area contributed by atoms with Crippen molar-refractivity contribution in [2.24, 2.45) is 0 Å². The van der Waals surface area contributed by atoms with Crippen LogP contribution in [0.15, 0.2) is 35.2 Å². The topological polar surface area (TPSA) is 66.8 Å². The van der Waals surface area contributed by atoms with E-state index in [9.17, 15) is 9.59 Å². The molecule has 0 spiro atoms. The summed E-state index contributed by atoms with van der Waals surface area (Å²) < 4.78 is 6.04. The summed E-state index contributed by atoms with van der Waals surface area (Å²) in [5, 5.41) is 9.15. The van der Waals surface area contributed by atoms with E-state index in [1.807, 2.05) is 18.2 Å². The molecule has 1 saturated heterocycles. The van der Waals surface area contributed by atoms with Crippen molar-refractivity contribution in [2.45, 2.75) is 58.3 Å². The van der Waals surface area contributed by atoms with E-state index in [4.69, 9.17) is 22.1 Å². The van der Waals surface area contributed by atoms with E-state index in [2.05, 4.69) is 46.8 Å². The van der Waals surface area contributed by atoms with Crippen LogP contribution >= 0.6 is 24.0 Å². The van der Waals surface area contributed by atoms with Crippen molar-refractivity contribution >= 4 is 46.3 Å². The van der Waals surface area contributed by atoms with E-state index >= 15 is 0 Å². The van der Waals surface area contributed by atoms with Crippen molar-refractivity contribution in [1.29, 1.82) is 0 Å². The number of benzene rings is 2. The SMILES string of the molecule is COc1cccc(/C=C2/SC(=S)N(CC(=O)O)C2=O)c1-c1cc2c(cc1C)C(C)(C)CCC2(C)C. The Hall–Kier alpha value is -2.64. The fraction of sp³-hybridized carbons (Fsp3) is 0.393. The first-order valence-electron chi connectivity index (χ1n) is 11.7. The number of thioether (sulfide) groups is 1. The zero-order valence-corrected chi connectivity index (χ0v) is 22.7. The Balaban J connectivity index is 1.89. The van der Waals surface area contributed by atoms with Gasteiger partial charge in [0.05, 0.1) is 12.0 Å². The maximum Gasteiger partial charge on any atom is 0.323 e. The van der Waals surface area contributed by atoms with E-state index in [1.165, 1.54) is 11.1 Å². The summed E-state index contributed by atoms with van der Waals surface area (Å²) in [5.41, 5.74) is 6.85. The molecule has 0 saturated carbocycles. The van der Waals surface area contributed by atoms with Crippen LogP contribution in [0.25, 0.3) is 17.2 Å². The molecule has 35 heavy (non-hydrogen) atoms. The molecule has 1 amide bonds. The second kappa shape index (κ2) is 9.10. The fourth-order valence-corrected chi connectivity index (χ4v) is 6.28. The number of carboxylic acid groups (broad SMARTS) is 1. The van der Waals surface area contributed by atoms with Gasteiger partial charge in [-0.15, -0.1) is 0 Å². The fourth-order valence-electron chi connectivity index (χ4n) is 5.03. The van der Waals surface area contributed by atoms with Gasteiger partial charge in [-0.05, 0) is 76.6 Å². The van der Waals surface area contributed by atoms with Gasteiger partial charge in [-0.25, -0.2) is 0 Å². The molecule has 1 N–H and O–H groups in total. The van der Waals surface area contributed by atoms with Gasteiger partial charge in [0.15, 0.2) is 0 Å². The van der Waals surface area contributed by atoms with Crippen LogP contribution in [0.2, 0.25) is 0 Å². The summed E-state index contributed by atoms with van der Waals surface area (Å²) in [6.45, 7) is 10.9. The third-order valence-corrected chi connectivity index (χ3v) is 8.58. The van der Waals surface area contributed by atoms with Crippen molar-refractivity contribution in [2.75, 3.05) is 13.7 Å². The average Bonchev–Trinajstić information content (AvgIpc) is 3.04. The molecule has 0 unspecified atom stereocenters. The summed E-state index contributed by atoms with van der Waals surface area (Å²) in [6.07, 6.45) is 4.05. The van der Waals surface area contributed by atoms with Crippen LogP contribution in [0.1, 0.15) is 62.8 Å². The number of hydrogen-bond donors (Lipinski definition) is 1. The van der Waals surface area contributed by atoms with Crippen LogP contribution in [0.5, 0.6) is 5.75 Å². The van der Waals surface area contributed by atoms with Gasteiger partial charge in [0.2, 0.25) is 0 Å². The van der Waals surface area contributed by atoms with Gasteiger partial charge < -0.3 is 9.84 Å². The molecule has 4 rings (SSSR count). The zero-order valence-electron chi connectivity index (χ0n) is 21.0. The molecule has 1 fully saturated rings. The molecule has 0 bridgehead atoms. The molecule has 0 aromatic heterocycles. The molecule has 2 aromatic rings. The van der Waals surface area contributed by atoms with Gasteiger partial charge in [0.1, 0.15) is 16.6 Å². The number of amides is 1. The number of rotatable bonds is 5. The predicted molar refractivity (Wildman–Crippen MR) is 146 cm³/mol. The largest absolute Gasteiger partial charge is 0.496 e. The number of carbonyl (C=O) groups is 2. The molecule has 1 aliphatic carbocycles. The van der Waals surface area contributed by atoms with Gasteiger partial charge in [0.25, 0.3) is 5.91 Å². The number of thiocarbonyl (C=S) groups is 1. The number of ether oxygens (including phenoxy) is 1. The standard InChI is InChI=1S/C28H31NO4S2/c1-16-12-19-20(28(4,5)11-10-27(19,2)3)14-18(16)24-17(8-7-9-21(24)33-6)13-22-25(32)29(15-23(30)31)26(34)35-22/h7-9,12-14H,10-11,15H2,1-6H3,(H,30,31)/b22-13+. The monoisotopic (exact) mass is 509 g/mol. The molecule has 5 nitrogen and oxygen atoms in total. The maximum absolute atomic E-state index is 12.9. The van der Waals surface area contributed by atoms with Crippen LogP contribution < -0.4 is 4.74 Å². The second-order valence-electron chi connectivity index (χ2n) is 10.6. The highest BCUT2D eigenvalue weighted by molar-refractivity contribution is 8.26. The van der Waals surface area contributed by atoms with Gasteiger partial charge >= 0.3 is 5.97 Å². The highest BCUT2D eigenvalue weighted by Gasteiger charge is 2.38. The van der Waals surface area contributed by atoms with Crippen LogP contribution in [-0.2, 0) is 20.4 Å². The quantitative estimate of drug-likeness (QED) is 0.377. The number of hydrogen-bond acceptors (Lipinski definition) is 5. The predicted octanol–water partition coefficient (Wildman–Crippen LogP) is 6.31. The zero-order chi connectivity index (χ0) is 25.7. The summed E-state index contributed by atoms with van der Waals surface area (Å²) >= 11 is 6.41. The number of aryl methyl sites for hydroxylation is 1. The molecule has 2 aliphatic rings. The Bertz CT molecular complexity index is 1280. The first-order chi connectivity index (χ1) is 16.4. The first-order valence-corrected chi connectivity index (χ1v) is 12.9. The summed E-state index contributed by atoms with van der Waals surface area (Å²) in [5.74, 6) is -0.767. The van der Waals surface area contributed by atoms with Crippen molar-refractivity contribution in [3.05, 3.63) is 57.5 Å². The normalized spacial score (nSPS) is 19.7. The number of carbonyl (C=O) groups excluding carboxylic acids is 1. The van der Waals surface area contributed by atoms with Crippen LogP contribution in [-0.4, -0.2) is 39.9 Å². The maximum atomic E-state index is 12.9. The van der Waals surface area contributed by atoms with Crippen LogP contribution in [0.4, 0.5) is 0 Å². The van der Waals surface area contributed by atoms with Gasteiger partial charge in [-0.1, -0.05) is 69.9 Å². The number of fused-ring (bicyclic) bond motifs is 1. The number of methoxy groups -OCH3 is 1. The van der Waals surface area contributed by atoms with E-state index < -0.39 is 12.5 Å². The summed E-state index contributed by atoms with van der Waals surface area (Å²) in [7, 11) is 1.65. The molecular formula is C28H31NO4S2. The van der Waals surface area contributed by atoms with Crippen molar-refractivity contribution in [3.63, 3.8) is 0 Å². The summed E-state index contributed by atoms with van der Waals surface area (Å²) in [6, 6.07) is 10.4. The minimum Gasteiger partial charge on any atom is -0.496 e. The molecule has 2 aromatic carbocycles. The van der Waals surface area contributed by atoms with Crippen LogP contribution in [0, 0.1) is 6.92 Å². The Labute approximate surface area is 216 Å². The number of aliphatic carboxylic acids is 1. The number of nitrogens with zero attached hydrogens (tertiary/aromatic N) is 1. The minimum atomic E-state index is -1.10. The van der Waals surface area contributed by atoms with Crippen LogP contribution in [0.3, 0.4) is 0 Å². The second-order valence-corrected chi connectivity index (χ2v) is 12.2. The average molecular weight is 510 g/mol. The highest BCUT2D eigenvalue weighted by atomic mass is 32.2. The van der Waals surface area contributed by atoms with Gasteiger partial charge in [-0.3, -0.25) is 14.5 Å². The van der Waals surface area contributed by atoms with E-state index in [1.54, 1.807) is 13.2 Å². The van der Waals surface area contributed by atoms with Crippen molar-refractivity contribution < 1.29 is 19.4 Å². The molecule has 7 heteroatoms. The Morgan fingerprint density at radius 2 is 1.80 bits per heavy atom. The molecule has 184 valence electrons. The van der Waals surface area contributed by atoms with Gasteiger partial charge in [0, 0.05) is 5.56 Å². The first kappa shape index (κ1) is 25.5. The van der Waals surface area contributed by atoms with Crippen molar-refractivity contribution in [3.8, 4) is 16.9 Å². The Kier molecular flexibility index (Phi) is 6.62. The lowest BCUT2D eigenvalue weighted by Crippen LogP contribution is -2.34. The van der Waals surface area contributed by atoms with E-state index in [0.717, 1.165) is 57.5 Å². The third-order valence-electron chi connectivity index (χ3n) is 7.20. The molecular weight excluding hydrogens is 478 g/mol. The highest BCUT2D eigenvalue weighted by Crippen LogP contribution is 2.49. The minimum absolute atomic E-state index is 0.0503. The molecule has 0 atom stereocenters. The smallest absolute Gasteiger partial charge is 0.323 e. The Morgan fingerprint density at radius 1 is 1.17 bits per heavy atom. The molecule has 0 radical (unpaired) electrons. The van der Waals surface area contributed by atoms with E-state index in [-0.39, 0.29) is 21.1 Å². The van der Waals surface area contributed by atoms with Gasteiger partial charge in [-0.2, -0.15) is 0 Å². The summed E-state index contributed by atoms with van der Waals surface area (Å²) in [4.78, 5) is 25.6. The van der Waals surface area contributed by atoms with Crippen molar-refractivity contribution in [1.82, 2.24) is 4.90 Å². The third kappa shape index (κ3) is 4.64. The molecule has 1 aliphatic heterocycles. The molecule has 1 heterocycles. The lowest BCUT2D eigenvalue weighted by Gasteiger charge is -2.42. The lowest BCUT2D eigenvalue weighted by atomic mass is 9.62. The number of carboxylic acids is 1. The van der Waals surface area contributed by atoms with E-state index in [0.29, 0.717) is 4.91 Å². The lowest BCUT2D eigenvalue weighted by molar-refractivity contribution is -0.140.